The van der Waals surface area contributed by atoms with Gasteiger partial charge in [0.1, 0.15) is 5.41 Å². The van der Waals surface area contributed by atoms with Crippen LogP contribution in [0.5, 0.6) is 0 Å². The number of hydrogen-bond acceptors (Lipinski definition) is 4. The van der Waals surface area contributed by atoms with E-state index in [4.69, 9.17) is 5.11 Å². The molecule has 0 spiro atoms. The number of unbranched alkanes of at least 4 members (excludes halogenated alkanes) is 1. The number of carbonyl (C=O) groups excluding carboxylic acids is 3. The van der Waals surface area contributed by atoms with E-state index in [1.54, 1.807) is 0 Å². The monoisotopic (exact) mass is 256 g/mol. The summed E-state index contributed by atoms with van der Waals surface area (Å²) < 4.78 is 0. The number of urea groups is 1. The van der Waals surface area contributed by atoms with Crippen LogP contribution in [0.25, 0.3) is 0 Å². The van der Waals surface area contributed by atoms with Gasteiger partial charge in [-0.1, -0.05) is 13.3 Å². The fourth-order valence-electron chi connectivity index (χ4n) is 1.77. The first-order valence-corrected chi connectivity index (χ1v) is 5.72. The molecule has 0 radical (unpaired) electrons. The van der Waals surface area contributed by atoms with E-state index in [0.717, 1.165) is 11.3 Å². The van der Waals surface area contributed by atoms with E-state index >= 15 is 0 Å². The molecular weight excluding hydrogens is 240 g/mol. The Balaban J connectivity index is 2.98. The summed E-state index contributed by atoms with van der Waals surface area (Å²) in [7, 11) is 0. The molecule has 2 N–H and O–H groups in total. The Labute approximate surface area is 104 Å². The van der Waals surface area contributed by atoms with Crippen molar-refractivity contribution in [3.8, 4) is 0 Å². The molecule has 0 aromatic heterocycles. The van der Waals surface area contributed by atoms with Crippen LogP contribution in [0.15, 0.2) is 0 Å². The van der Waals surface area contributed by atoms with Gasteiger partial charge >= 0.3 is 12.0 Å². The van der Waals surface area contributed by atoms with Gasteiger partial charge in [0, 0.05) is 6.54 Å². The van der Waals surface area contributed by atoms with Gasteiger partial charge in [0.25, 0.3) is 0 Å². The molecule has 0 aromatic rings. The second-order valence-corrected chi connectivity index (χ2v) is 4.47. The minimum atomic E-state index is -1.71. The van der Waals surface area contributed by atoms with Crippen LogP contribution in [-0.2, 0) is 14.4 Å². The largest absolute Gasteiger partial charge is 0.481 e. The number of carbonyl (C=O) groups is 4. The molecule has 1 atom stereocenters. The first-order valence-electron chi connectivity index (χ1n) is 5.72. The lowest BCUT2D eigenvalue weighted by atomic mass is 9.82. The molecule has 1 heterocycles. The Hall–Kier alpha value is -1.92. The van der Waals surface area contributed by atoms with E-state index in [1.165, 1.54) is 6.92 Å². The normalized spacial score (nSPS) is 24.1. The van der Waals surface area contributed by atoms with Crippen molar-refractivity contribution in [2.24, 2.45) is 5.41 Å². The highest BCUT2D eigenvalue weighted by atomic mass is 16.4. The zero-order valence-corrected chi connectivity index (χ0v) is 10.4. The SMILES string of the molecule is CCCCN1C(=O)NC(=O)C(C)(CC(=O)O)C1=O. The molecule has 0 bridgehead atoms. The second-order valence-electron chi connectivity index (χ2n) is 4.47. The van der Waals surface area contributed by atoms with Gasteiger partial charge in [-0.3, -0.25) is 24.6 Å². The Bertz CT molecular complexity index is 406. The molecular formula is C11H16N2O5. The standard InChI is InChI=1S/C11H16N2O5/c1-3-4-5-13-9(17)11(2,6-7(14)15)8(16)12-10(13)18/h3-6H2,1-2H3,(H,14,15)(H,12,16,18). The molecule has 0 aromatic carbocycles. The van der Waals surface area contributed by atoms with Crippen LogP contribution < -0.4 is 5.32 Å². The summed E-state index contributed by atoms with van der Waals surface area (Å²) in [5.74, 6) is -2.86. The maximum atomic E-state index is 12.1. The Morgan fingerprint density at radius 2 is 2.00 bits per heavy atom. The van der Waals surface area contributed by atoms with Gasteiger partial charge in [0.15, 0.2) is 0 Å². The minimum absolute atomic E-state index is 0.184. The first-order chi connectivity index (χ1) is 8.32. The topological polar surface area (TPSA) is 104 Å². The quantitative estimate of drug-likeness (QED) is 0.690. The maximum absolute atomic E-state index is 12.1. The van der Waals surface area contributed by atoms with Gasteiger partial charge in [-0.2, -0.15) is 0 Å². The lowest BCUT2D eigenvalue weighted by Gasteiger charge is -2.36. The van der Waals surface area contributed by atoms with Crippen molar-refractivity contribution in [2.75, 3.05) is 6.54 Å². The van der Waals surface area contributed by atoms with Crippen LogP contribution >= 0.6 is 0 Å². The molecule has 0 aliphatic carbocycles. The number of carboxylic acids is 1. The number of amides is 4. The van der Waals surface area contributed by atoms with Crippen molar-refractivity contribution in [2.45, 2.75) is 33.1 Å². The first kappa shape index (κ1) is 14.1. The van der Waals surface area contributed by atoms with Gasteiger partial charge in [-0.25, -0.2) is 4.79 Å². The molecule has 7 nitrogen and oxygen atoms in total. The van der Waals surface area contributed by atoms with E-state index in [1.807, 2.05) is 12.2 Å². The van der Waals surface area contributed by atoms with Crippen LogP contribution in [0.2, 0.25) is 0 Å². The number of aliphatic carboxylic acids is 1. The summed E-state index contributed by atoms with van der Waals surface area (Å²) in [5.41, 5.74) is -1.71. The summed E-state index contributed by atoms with van der Waals surface area (Å²) in [4.78, 5) is 46.9. The van der Waals surface area contributed by atoms with E-state index in [0.29, 0.717) is 6.42 Å². The van der Waals surface area contributed by atoms with E-state index < -0.39 is 35.7 Å². The third kappa shape index (κ3) is 2.49. The highest BCUT2D eigenvalue weighted by Crippen LogP contribution is 2.28. The number of rotatable bonds is 5. The van der Waals surface area contributed by atoms with Gasteiger partial charge in [-0.15, -0.1) is 0 Å². The number of nitrogens with one attached hydrogen (secondary N) is 1. The van der Waals surface area contributed by atoms with Gasteiger partial charge in [0.2, 0.25) is 11.8 Å². The fraction of sp³-hybridized carbons (Fsp3) is 0.636. The molecule has 1 unspecified atom stereocenters. The van der Waals surface area contributed by atoms with Crippen LogP contribution in [-0.4, -0.2) is 40.4 Å². The third-order valence-corrected chi connectivity index (χ3v) is 2.92. The highest BCUT2D eigenvalue weighted by molar-refractivity contribution is 6.19. The van der Waals surface area contributed by atoms with E-state index in [2.05, 4.69) is 0 Å². The third-order valence-electron chi connectivity index (χ3n) is 2.92. The fourth-order valence-corrected chi connectivity index (χ4v) is 1.77. The van der Waals surface area contributed by atoms with Crippen molar-refractivity contribution in [1.29, 1.82) is 0 Å². The molecule has 1 fully saturated rings. The molecule has 100 valence electrons. The molecule has 18 heavy (non-hydrogen) atoms. The van der Waals surface area contributed by atoms with Crippen LogP contribution in [0.3, 0.4) is 0 Å². The summed E-state index contributed by atoms with van der Waals surface area (Å²) in [6.45, 7) is 3.32. The predicted octanol–water partition coefficient (Wildman–Crippen LogP) is 0.346. The summed E-state index contributed by atoms with van der Waals surface area (Å²) >= 11 is 0. The van der Waals surface area contributed by atoms with Crippen molar-refractivity contribution in [1.82, 2.24) is 10.2 Å². The summed E-state index contributed by atoms with van der Waals surface area (Å²) in [5, 5.41) is 10.8. The summed E-state index contributed by atoms with van der Waals surface area (Å²) in [6, 6.07) is -0.777. The average Bonchev–Trinajstić information content (AvgIpc) is 2.26. The van der Waals surface area contributed by atoms with Gasteiger partial charge in [-0.05, 0) is 13.3 Å². The Morgan fingerprint density at radius 3 is 2.50 bits per heavy atom. The zero-order valence-electron chi connectivity index (χ0n) is 10.4. The van der Waals surface area contributed by atoms with Crippen LogP contribution in [0.1, 0.15) is 33.1 Å². The van der Waals surface area contributed by atoms with E-state index in [-0.39, 0.29) is 6.54 Å². The predicted molar refractivity (Wildman–Crippen MR) is 60.5 cm³/mol. The number of carboxylic acid groups (broad SMARTS) is 1. The number of imide groups is 2. The van der Waals surface area contributed by atoms with Crippen molar-refractivity contribution in [3.63, 3.8) is 0 Å². The molecule has 1 rings (SSSR count). The molecule has 4 amide bonds. The molecule has 1 aliphatic rings. The number of nitrogens with zero attached hydrogens (tertiary/aromatic N) is 1. The summed E-state index contributed by atoms with van der Waals surface area (Å²) in [6.07, 6.45) is 0.755. The van der Waals surface area contributed by atoms with Gasteiger partial charge < -0.3 is 5.11 Å². The average molecular weight is 256 g/mol. The van der Waals surface area contributed by atoms with Crippen molar-refractivity contribution < 1.29 is 24.3 Å². The van der Waals surface area contributed by atoms with Crippen LogP contribution in [0, 0.1) is 5.41 Å². The number of barbiturate groups is 1. The van der Waals surface area contributed by atoms with Gasteiger partial charge in [0.05, 0.1) is 6.42 Å². The lowest BCUT2D eigenvalue weighted by molar-refractivity contribution is -0.157. The van der Waals surface area contributed by atoms with Crippen LogP contribution in [0.4, 0.5) is 4.79 Å². The zero-order chi connectivity index (χ0) is 13.9. The second kappa shape index (κ2) is 5.16. The van der Waals surface area contributed by atoms with Crippen molar-refractivity contribution in [3.05, 3.63) is 0 Å². The van der Waals surface area contributed by atoms with E-state index in [9.17, 15) is 19.2 Å². The highest BCUT2D eigenvalue weighted by Gasteiger charge is 2.51. The Morgan fingerprint density at radius 1 is 1.39 bits per heavy atom. The molecule has 1 aliphatic heterocycles. The lowest BCUT2D eigenvalue weighted by Crippen LogP contribution is -2.63. The van der Waals surface area contributed by atoms with Crippen molar-refractivity contribution >= 4 is 23.8 Å². The molecule has 0 saturated carbocycles. The maximum Gasteiger partial charge on any atom is 0.330 e. The molecule has 7 heteroatoms. The number of hydrogen-bond donors (Lipinski definition) is 2. The smallest absolute Gasteiger partial charge is 0.330 e. The molecule has 1 saturated heterocycles. The minimum Gasteiger partial charge on any atom is -0.481 e. The Kier molecular flexibility index (Phi) is 4.05.